The minimum Gasteiger partial charge on any atom is -0.493 e. The SMILES string of the molecule is Cn1nc2cc1CSc1cc(c3ccccc3c1)OCCCc1c(C(=O)O)n(C)c3c(c(Cl)ccc13)-c1c(nn3c1CCC3)CC(F)(F)C2. The Morgan fingerprint density at radius 3 is 2.67 bits per heavy atom. The molecule has 0 fully saturated rings. The van der Waals surface area contributed by atoms with Gasteiger partial charge in [-0.05, 0) is 60.9 Å². The van der Waals surface area contributed by atoms with Gasteiger partial charge in [-0.1, -0.05) is 41.9 Å². The van der Waals surface area contributed by atoms with Gasteiger partial charge in [-0.3, -0.25) is 9.36 Å². The molecule has 49 heavy (non-hydrogen) atoms. The maximum Gasteiger partial charge on any atom is 0.352 e. The predicted molar refractivity (Wildman–Crippen MR) is 187 cm³/mol. The highest BCUT2D eigenvalue weighted by atomic mass is 35.5. The summed E-state index contributed by atoms with van der Waals surface area (Å²) in [6.45, 7) is 0.994. The first-order valence-electron chi connectivity index (χ1n) is 16.4. The molecule has 0 unspecified atom stereocenters. The molecule has 6 aromatic rings. The van der Waals surface area contributed by atoms with Crippen LogP contribution in [-0.4, -0.2) is 47.7 Å². The number of halogens is 3. The third kappa shape index (κ3) is 5.66. The van der Waals surface area contributed by atoms with E-state index in [0.717, 1.165) is 44.6 Å². The number of rotatable bonds is 1. The monoisotopic (exact) mass is 701 g/mol. The van der Waals surface area contributed by atoms with Crippen molar-refractivity contribution in [2.24, 2.45) is 14.1 Å². The summed E-state index contributed by atoms with van der Waals surface area (Å²) in [6, 6.07) is 17.5. The van der Waals surface area contributed by atoms with Crippen LogP contribution in [0.4, 0.5) is 8.78 Å². The smallest absolute Gasteiger partial charge is 0.352 e. The van der Waals surface area contributed by atoms with Gasteiger partial charge < -0.3 is 14.4 Å². The predicted octanol–water partition coefficient (Wildman–Crippen LogP) is 8.26. The highest BCUT2D eigenvalue weighted by Crippen LogP contribution is 2.44. The topological polar surface area (TPSA) is 87.1 Å². The van der Waals surface area contributed by atoms with Crippen molar-refractivity contribution in [2.75, 3.05) is 6.61 Å². The van der Waals surface area contributed by atoms with Crippen molar-refractivity contribution in [3.8, 4) is 16.9 Å². The number of aromatic nitrogens is 5. The summed E-state index contributed by atoms with van der Waals surface area (Å²) in [4.78, 5) is 13.8. The van der Waals surface area contributed by atoms with E-state index in [1.807, 2.05) is 41.1 Å². The van der Waals surface area contributed by atoms with E-state index >= 15 is 8.78 Å². The quantitative estimate of drug-likeness (QED) is 0.186. The standard InChI is InChI=1S/C37H34ClF2N5O3S/c1-43-34-27-11-12-28(38)32(34)33-29(42-45-13-5-10-30(33)45)19-37(39,40)18-22-16-23(44(2)41-22)20-49-24-15-21-7-3-4-8-25(21)31(17-24)48-14-6-9-26(27)35(43)36(46)47/h3-4,7-8,11-12,15-17H,5-6,9-10,13-14,18-20H2,1-2H3,(H,46,47). The second kappa shape index (κ2) is 12.2. The molecule has 8 nitrogen and oxygen atoms in total. The molecule has 3 aromatic heterocycles. The number of hydrogen-bond donors (Lipinski definition) is 1. The summed E-state index contributed by atoms with van der Waals surface area (Å²) < 4.78 is 43.7. The fourth-order valence-corrected chi connectivity index (χ4v) is 8.80. The average Bonchev–Trinajstić information content (AvgIpc) is 3.80. The Kier molecular flexibility index (Phi) is 7.94. The van der Waals surface area contributed by atoms with E-state index in [9.17, 15) is 9.90 Å². The number of carboxylic acids is 1. The lowest BCUT2D eigenvalue weighted by atomic mass is 9.94. The molecule has 2 aliphatic rings. The molecule has 5 heterocycles. The van der Waals surface area contributed by atoms with Gasteiger partial charge in [0.2, 0.25) is 0 Å². The Morgan fingerprint density at radius 2 is 1.84 bits per heavy atom. The zero-order valence-corrected chi connectivity index (χ0v) is 28.7. The Morgan fingerprint density at radius 1 is 1.00 bits per heavy atom. The van der Waals surface area contributed by atoms with Gasteiger partial charge in [0.1, 0.15) is 11.4 Å². The second-order valence-electron chi connectivity index (χ2n) is 12.9. The van der Waals surface area contributed by atoms with Crippen LogP contribution < -0.4 is 4.74 Å². The molecule has 0 saturated carbocycles. The van der Waals surface area contributed by atoms with E-state index in [0.29, 0.717) is 71.1 Å². The summed E-state index contributed by atoms with van der Waals surface area (Å²) in [7, 11) is 3.49. The van der Waals surface area contributed by atoms with Crippen molar-refractivity contribution in [3.63, 3.8) is 0 Å². The molecule has 1 N–H and O–H groups in total. The van der Waals surface area contributed by atoms with Crippen LogP contribution >= 0.6 is 23.4 Å². The van der Waals surface area contributed by atoms with Gasteiger partial charge in [-0.25, -0.2) is 13.6 Å². The Bertz CT molecular complexity index is 2290. The summed E-state index contributed by atoms with van der Waals surface area (Å²) in [5.41, 5.74) is 4.78. The highest BCUT2D eigenvalue weighted by Gasteiger charge is 2.37. The van der Waals surface area contributed by atoms with Crippen LogP contribution in [0.3, 0.4) is 0 Å². The van der Waals surface area contributed by atoms with E-state index in [1.54, 1.807) is 47.2 Å². The van der Waals surface area contributed by atoms with E-state index in [1.165, 1.54) is 0 Å². The zero-order valence-electron chi connectivity index (χ0n) is 27.1. The number of aryl methyl sites for hydroxylation is 4. The van der Waals surface area contributed by atoms with E-state index in [-0.39, 0.29) is 11.4 Å². The van der Waals surface area contributed by atoms with Crippen molar-refractivity contribution in [3.05, 3.63) is 93.7 Å². The van der Waals surface area contributed by atoms with Crippen molar-refractivity contribution >= 4 is 51.0 Å². The van der Waals surface area contributed by atoms with E-state index in [2.05, 4.69) is 11.2 Å². The molecule has 0 radical (unpaired) electrons. The van der Waals surface area contributed by atoms with Crippen molar-refractivity contribution in [1.29, 1.82) is 0 Å². The van der Waals surface area contributed by atoms with Gasteiger partial charge in [-0.15, -0.1) is 11.8 Å². The molecule has 8 rings (SSSR count). The fourth-order valence-electron chi connectivity index (χ4n) is 7.57. The Hall–Kier alpha value is -4.35. The van der Waals surface area contributed by atoms with Gasteiger partial charge in [-0.2, -0.15) is 10.2 Å². The summed E-state index contributed by atoms with van der Waals surface area (Å²) in [6.07, 6.45) is 1.35. The lowest BCUT2D eigenvalue weighted by molar-refractivity contribution is 0.000157. The van der Waals surface area contributed by atoms with Crippen LogP contribution in [0.2, 0.25) is 5.02 Å². The van der Waals surface area contributed by atoms with E-state index < -0.39 is 24.7 Å². The number of carboxylic acid groups (broad SMARTS) is 1. The molecule has 0 saturated heterocycles. The third-order valence-electron chi connectivity index (χ3n) is 9.68. The summed E-state index contributed by atoms with van der Waals surface area (Å²) in [5, 5.41) is 22.7. The van der Waals surface area contributed by atoms with Crippen LogP contribution in [0, 0.1) is 0 Å². The molecule has 252 valence electrons. The summed E-state index contributed by atoms with van der Waals surface area (Å²) in [5.74, 6) is -2.94. The van der Waals surface area contributed by atoms with Gasteiger partial charge in [0.15, 0.2) is 0 Å². The largest absolute Gasteiger partial charge is 0.493 e. The third-order valence-corrected chi connectivity index (χ3v) is 11.0. The fraction of sp³-hybridized carbons (Fsp3) is 0.324. The van der Waals surface area contributed by atoms with Crippen LogP contribution in [0.5, 0.6) is 5.75 Å². The van der Waals surface area contributed by atoms with E-state index in [4.69, 9.17) is 21.4 Å². The van der Waals surface area contributed by atoms with Gasteiger partial charge in [0.25, 0.3) is 5.92 Å². The average molecular weight is 702 g/mol. The minimum absolute atomic E-state index is 0.145. The number of aromatic carboxylic acids is 1. The minimum atomic E-state index is -3.15. The van der Waals surface area contributed by atoms with Crippen molar-refractivity contribution in [1.82, 2.24) is 24.1 Å². The summed E-state index contributed by atoms with van der Waals surface area (Å²) >= 11 is 8.54. The lowest BCUT2D eigenvalue weighted by Crippen LogP contribution is -2.24. The molecule has 0 atom stereocenters. The lowest BCUT2D eigenvalue weighted by Gasteiger charge is -2.16. The molecule has 2 aliphatic heterocycles. The Labute approximate surface area is 290 Å². The number of benzene rings is 3. The molecular formula is C37H34ClF2N5O3S. The van der Waals surface area contributed by atoms with Gasteiger partial charge in [0.05, 0.1) is 41.4 Å². The van der Waals surface area contributed by atoms with Crippen molar-refractivity contribution < 1.29 is 23.4 Å². The number of fused-ring (bicyclic) bond motifs is 10. The molecular weight excluding hydrogens is 668 g/mol. The molecule has 12 heteroatoms. The van der Waals surface area contributed by atoms with Crippen molar-refractivity contribution in [2.45, 2.75) is 61.6 Å². The number of thioether (sulfide) groups is 1. The van der Waals surface area contributed by atoms with Crippen LogP contribution in [-0.2, 0) is 52.1 Å². The van der Waals surface area contributed by atoms with Gasteiger partial charge in [0, 0.05) is 64.6 Å². The molecule has 3 aromatic carbocycles. The Balaban J connectivity index is 1.29. The molecule has 0 aliphatic carbocycles. The first-order chi connectivity index (χ1) is 23.6. The highest BCUT2D eigenvalue weighted by molar-refractivity contribution is 7.98. The van der Waals surface area contributed by atoms with Gasteiger partial charge >= 0.3 is 5.97 Å². The molecule has 8 bridgehead atoms. The first-order valence-corrected chi connectivity index (χ1v) is 17.7. The number of hydrogen-bond acceptors (Lipinski definition) is 5. The number of carbonyl (C=O) groups is 1. The number of alkyl halides is 2. The maximum atomic E-state index is 16.1. The van der Waals surface area contributed by atoms with Crippen LogP contribution in [0.1, 0.15) is 51.7 Å². The normalized spacial score (nSPS) is 16.3. The second-order valence-corrected chi connectivity index (χ2v) is 14.4. The zero-order chi connectivity index (χ0) is 34.0. The molecule has 0 spiro atoms. The van der Waals surface area contributed by atoms with Crippen LogP contribution in [0.15, 0.2) is 59.5 Å². The maximum absolute atomic E-state index is 16.1. The first kappa shape index (κ1) is 31.9. The van der Waals surface area contributed by atoms with Crippen LogP contribution in [0.25, 0.3) is 32.8 Å². The molecule has 0 amide bonds. The number of ether oxygens (including phenoxy) is 1. The number of nitrogens with zero attached hydrogens (tertiary/aromatic N) is 5.